The van der Waals surface area contributed by atoms with Crippen LogP contribution in [0.15, 0.2) is 36.9 Å². The molecule has 6 nitrogen and oxygen atoms in total. The molecule has 0 radical (unpaired) electrons. The van der Waals surface area contributed by atoms with Gasteiger partial charge in [-0.05, 0) is 29.7 Å². The fourth-order valence-electron chi connectivity index (χ4n) is 2.04. The Morgan fingerprint density at radius 1 is 1.09 bits per heavy atom. The Morgan fingerprint density at radius 2 is 1.82 bits per heavy atom. The molecule has 0 aliphatic carbocycles. The molecule has 2 aromatic rings. The number of hydrogen-bond acceptors (Lipinski definition) is 5. The molecule has 1 N–H and O–H groups in total. The summed E-state index contributed by atoms with van der Waals surface area (Å²) in [6, 6.07) is 5.46. The van der Waals surface area contributed by atoms with Crippen LogP contribution in [0, 0.1) is 0 Å². The third-order valence-electron chi connectivity index (χ3n) is 3.16. The highest BCUT2D eigenvalue weighted by Gasteiger charge is 2.08. The van der Waals surface area contributed by atoms with E-state index < -0.39 is 0 Å². The van der Waals surface area contributed by atoms with Crippen molar-refractivity contribution in [3.05, 3.63) is 48.0 Å². The molecule has 1 amide bonds. The van der Waals surface area contributed by atoms with Crippen molar-refractivity contribution in [1.82, 2.24) is 15.3 Å². The average molecular weight is 301 g/mol. The highest BCUT2D eigenvalue weighted by molar-refractivity contribution is 5.78. The molecule has 1 heterocycles. The van der Waals surface area contributed by atoms with E-state index in [1.54, 1.807) is 32.7 Å². The number of carbonyl (C=O) groups excluding carboxylic acids is 1. The van der Waals surface area contributed by atoms with Crippen LogP contribution in [0.2, 0.25) is 0 Å². The number of hydrogen-bond donors (Lipinski definition) is 1. The van der Waals surface area contributed by atoms with E-state index in [0.717, 1.165) is 11.1 Å². The molecule has 0 aliphatic heterocycles. The van der Waals surface area contributed by atoms with Gasteiger partial charge in [-0.2, -0.15) is 0 Å². The molecular weight excluding hydrogens is 282 g/mol. The second kappa shape index (κ2) is 7.97. The summed E-state index contributed by atoms with van der Waals surface area (Å²) < 4.78 is 10.4. The fraction of sp³-hybridized carbons (Fsp3) is 0.312. The molecule has 0 bridgehead atoms. The molecule has 6 heteroatoms. The molecule has 0 aliphatic rings. The highest BCUT2D eigenvalue weighted by Crippen LogP contribution is 2.27. The zero-order valence-electron chi connectivity index (χ0n) is 12.7. The third-order valence-corrected chi connectivity index (χ3v) is 3.16. The molecule has 0 spiro atoms. The molecule has 2 rings (SSSR count). The Bertz CT molecular complexity index is 617. The quantitative estimate of drug-likeness (QED) is 0.836. The van der Waals surface area contributed by atoms with E-state index in [4.69, 9.17) is 9.47 Å². The minimum atomic E-state index is -0.0379. The lowest BCUT2D eigenvalue weighted by Crippen LogP contribution is -2.27. The number of carbonyl (C=O) groups is 1. The third kappa shape index (κ3) is 4.44. The second-order valence-corrected chi connectivity index (χ2v) is 4.71. The lowest BCUT2D eigenvalue weighted by atomic mass is 10.1. The number of nitrogens with one attached hydrogen (secondary N) is 1. The summed E-state index contributed by atoms with van der Waals surface area (Å²) in [7, 11) is 3.15. The number of benzene rings is 1. The van der Waals surface area contributed by atoms with Crippen LogP contribution in [0.5, 0.6) is 11.5 Å². The van der Waals surface area contributed by atoms with Gasteiger partial charge in [-0.25, -0.2) is 9.97 Å². The first kappa shape index (κ1) is 15.8. The van der Waals surface area contributed by atoms with Crippen molar-refractivity contribution in [1.29, 1.82) is 0 Å². The van der Waals surface area contributed by atoms with E-state index >= 15 is 0 Å². The van der Waals surface area contributed by atoms with Gasteiger partial charge in [0, 0.05) is 18.9 Å². The first-order valence-corrected chi connectivity index (χ1v) is 6.94. The van der Waals surface area contributed by atoms with Crippen LogP contribution in [0.25, 0.3) is 0 Å². The van der Waals surface area contributed by atoms with Crippen molar-refractivity contribution in [2.24, 2.45) is 0 Å². The molecule has 1 aromatic carbocycles. The van der Waals surface area contributed by atoms with Crippen LogP contribution in [0.3, 0.4) is 0 Å². The van der Waals surface area contributed by atoms with Crippen molar-refractivity contribution < 1.29 is 14.3 Å². The Balaban J connectivity index is 1.84. The lowest BCUT2D eigenvalue weighted by Gasteiger charge is -2.10. The molecule has 0 saturated carbocycles. The smallest absolute Gasteiger partial charge is 0.224 e. The summed E-state index contributed by atoms with van der Waals surface area (Å²) in [5.74, 6) is 1.23. The largest absolute Gasteiger partial charge is 0.493 e. The second-order valence-electron chi connectivity index (χ2n) is 4.71. The van der Waals surface area contributed by atoms with E-state index in [2.05, 4.69) is 15.3 Å². The first-order chi connectivity index (χ1) is 10.7. The average Bonchev–Trinajstić information content (AvgIpc) is 2.55. The maximum Gasteiger partial charge on any atom is 0.224 e. The maximum atomic E-state index is 11.9. The van der Waals surface area contributed by atoms with Crippen LogP contribution >= 0.6 is 0 Å². The van der Waals surface area contributed by atoms with Gasteiger partial charge in [-0.1, -0.05) is 6.07 Å². The molecule has 0 unspecified atom stereocenters. The van der Waals surface area contributed by atoms with Crippen LogP contribution in [-0.4, -0.2) is 36.6 Å². The minimum Gasteiger partial charge on any atom is -0.493 e. The van der Waals surface area contributed by atoms with Crippen LogP contribution in [-0.2, 0) is 17.6 Å². The number of amides is 1. The monoisotopic (exact) mass is 301 g/mol. The predicted octanol–water partition coefficient (Wildman–Crippen LogP) is 1.40. The normalized spacial score (nSPS) is 10.1. The maximum absolute atomic E-state index is 11.9. The minimum absolute atomic E-state index is 0.0379. The zero-order chi connectivity index (χ0) is 15.8. The number of rotatable bonds is 7. The summed E-state index contributed by atoms with van der Waals surface area (Å²) >= 11 is 0. The summed E-state index contributed by atoms with van der Waals surface area (Å²) in [4.78, 5) is 19.8. The number of nitrogens with zero attached hydrogens (tertiary/aromatic N) is 2. The van der Waals surface area contributed by atoms with E-state index in [1.807, 2.05) is 12.1 Å². The Hall–Kier alpha value is -2.63. The van der Waals surface area contributed by atoms with Crippen molar-refractivity contribution >= 4 is 5.91 Å². The first-order valence-electron chi connectivity index (χ1n) is 6.94. The Morgan fingerprint density at radius 3 is 2.50 bits per heavy atom. The fourth-order valence-corrected chi connectivity index (χ4v) is 2.04. The molecule has 0 fully saturated rings. The Labute approximate surface area is 129 Å². The van der Waals surface area contributed by atoms with Gasteiger partial charge in [0.1, 0.15) is 6.33 Å². The molecule has 116 valence electrons. The van der Waals surface area contributed by atoms with Crippen LogP contribution in [0.1, 0.15) is 11.1 Å². The van der Waals surface area contributed by atoms with Crippen molar-refractivity contribution in [2.75, 3.05) is 20.8 Å². The number of ether oxygens (including phenoxy) is 2. The van der Waals surface area contributed by atoms with Gasteiger partial charge in [-0.3, -0.25) is 4.79 Å². The summed E-state index contributed by atoms with van der Waals surface area (Å²) in [6.45, 7) is 0.555. The summed E-state index contributed by atoms with van der Waals surface area (Å²) in [5, 5.41) is 2.88. The lowest BCUT2D eigenvalue weighted by molar-refractivity contribution is -0.120. The van der Waals surface area contributed by atoms with E-state index in [9.17, 15) is 4.79 Å². The van der Waals surface area contributed by atoms with Gasteiger partial charge in [0.15, 0.2) is 11.5 Å². The van der Waals surface area contributed by atoms with E-state index in [1.165, 1.54) is 6.33 Å². The highest BCUT2D eigenvalue weighted by atomic mass is 16.5. The Kier molecular flexibility index (Phi) is 5.71. The predicted molar refractivity (Wildman–Crippen MR) is 82.0 cm³/mol. The number of methoxy groups -OCH3 is 2. The van der Waals surface area contributed by atoms with Gasteiger partial charge in [0.25, 0.3) is 0 Å². The van der Waals surface area contributed by atoms with E-state index in [0.29, 0.717) is 30.9 Å². The summed E-state index contributed by atoms with van der Waals surface area (Å²) in [5.41, 5.74) is 1.87. The van der Waals surface area contributed by atoms with Crippen molar-refractivity contribution in [2.45, 2.75) is 12.8 Å². The summed E-state index contributed by atoms with van der Waals surface area (Å²) in [6.07, 6.45) is 5.98. The van der Waals surface area contributed by atoms with Gasteiger partial charge >= 0.3 is 0 Å². The topological polar surface area (TPSA) is 73.3 Å². The SMILES string of the molecule is COc1ccc(CC(=O)NCCc2cncnc2)cc1OC. The van der Waals surface area contributed by atoms with Gasteiger partial charge in [0.2, 0.25) is 5.91 Å². The zero-order valence-corrected chi connectivity index (χ0v) is 12.7. The van der Waals surface area contributed by atoms with Crippen molar-refractivity contribution in [3.8, 4) is 11.5 Å². The molecule has 0 saturated heterocycles. The van der Waals surface area contributed by atoms with Gasteiger partial charge in [-0.15, -0.1) is 0 Å². The van der Waals surface area contributed by atoms with Crippen LogP contribution < -0.4 is 14.8 Å². The molecule has 0 atom stereocenters. The number of aromatic nitrogens is 2. The van der Waals surface area contributed by atoms with Crippen LogP contribution in [0.4, 0.5) is 0 Å². The molecular formula is C16H19N3O3. The molecule has 22 heavy (non-hydrogen) atoms. The van der Waals surface area contributed by atoms with E-state index in [-0.39, 0.29) is 5.91 Å². The van der Waals surface area contributed by atoms with Gasteiger partial charge < -0.3 is 14.8 Å². The van der Waals surface area contributed by atoms with Crippen molar-refractivity contribution in [3.63, 3.8) is 0 Å². The molecule has 1 aromatic heterocycles. The van der Waals surface area contributed by atoms with Gasteiger partial charge in [0.05, 0.1) is 20.6 Å². The standard InChI is InChI=1S/C16H19N3O3/c1-21-14-4-3-12(7-15(14)22-2)8-16(20)19-6-5-13-9-17-11-18-10-13/h3-4,7,9-11H,5-6,8H2,1-2H3,(H,19,20).